The number of carbonyl (C=O) groups is 5. The van der Waals surface area contributed by atoms with E-state index in [9.17, 15) is 24.3 Å². The largest absolute Gasteiger partial charge is 0.491 e. The highest BCUT2D eigenvalue weighted by Crippen LogP contribution is 2.65. The van der Waals surface area contributed by atoms with Gasteiger partial charge < -0.3 is 30.0 Å². The van der Waals surface area contributed by atoms with Gasteiger partial charge in [0.15, 0.2) is 0 Å². The number of urea groups is 1. The zero-order valence-corrected chi connectivity index (χ0v) is 32.4. The maximum atomic E-state index is 16.0. The van der Waals surface area contributed by atoms with Crippen LogP contribution in [-0.4, -0.2) is 78.7 Å². The first-order valence-corrected chi connectivity index (χ1v) is 19.2. The van der Waals surface area contributed by atoms with E-state index in [4.69, 9.17) is 14.2 Å². The number of rotatable bonds is 12. The average Bonchev–Trinajstić information content (AvgIpc) is 3.70. The predicted molar refractivity (Wildman–Crippen MR) is 213 cm³/mol. The molecule has 3 heterocycles. The van der Waals surface area contributed by atoms with Gasteiger partial charge in [0, 0.05) is 6.54 Å². The van der Waals surface area contributed by atoms with Crippen LogP contribution in [0.25, 0.3) is 0 Å². The highest BCUT2D eigenvalue weighted by Gasteiger charge is 2.75. The molecular formula is C45H46N4O9. The van der Waals surface area contributed by atoms with Crippen molar-refractivity contribution >= 4 is 35.5 Å². The third-order valence-corrected chi connectivity index (χ3v) is 11.2. The van der Waals surface area contributed by atoms with Crippen molar-refractivity contribution < 1.29 is 43.3 Å². The van der Waals surface area contributed by atoms with Crippen molar-refractivity contribution in [3.05, 3.63) is 144 Å². The molecule has 0 aromatic heterocycles. The number of methoxy groups -OCH3 is 1. The lowest BCUT2D eigenvalue weighted by Crippen LogP contribution is -2.57. The molecule has 58 heavy (non-hydrogen) atoms. The first-order valence-electron chi connectivity index (χ1n) is 19.2. The molecular weight excluding hydrogens is 741 g/mol. The molecule has 4 amide bonds. The van der Waals surface area contributed by atoms with E-state index in [1.54, 1.807) is 62.4 Å². The molecule has 3 aliphatic rings. The van der Waals surface area contributed by atoms with E-state index in [0.717, 1.165) is 10.5 Å². The Kier molecular flexibility index (Phi) is 11.5. The number of esters is 2. The standard InChI is InChI=1S/C45H46N4O9/c1-5-23-46-40(51)34-37-42(53)58-38(29-17-10-7-11-18-29)36(28-15-8-6-9-16-28)49(37)39(30-19-14-20-31(26-30)57-25-24-50)45(34)32-21-12-13-22-33(32)48(43(45)54)44(55)47-35(27(2)3)41(52)56-4/h5-22,26-27,34-39,50H,1,23-25H2,2-4H3,(H,46,51)(H,47,55)/t34-,35+,36-,37-,38+,39+,45-/m1/s1. The van der Waals surface area contributed by atoms with E-state index in [2.05, 4.69) is 17.2 Å². The summed E-state index contributed by atoms with van der Waals surface area (Å²) in [7, 11) is 1.21. The zero-order valence-electron chi connectivity index (χ0n) is 32.4. The van der Waals surface area contributed by atoms with Gasteiger partial charge in [-0.3, -0.25) is 19.3 Å². The Hall–Kier alpha value is -6.31. The highest BCUT2D eigenvalue weighted by atomic mass is 16.6. The molecule has 0 saturated carbocycles. The number of ether oxygens (including phenoxy) is 3. The molecule has 0 radical (unpaired) electrons. The van der Waals surface area contributed by atoms with Crippen LogP contribution in [0.2, 0.25) is 0 Å². The van der Waals surface area contributed by atoms with Gasteiger partial charge in [0.25, 0.3) is 0 Å². The Balaban J connectivity index is 1.54. The number of carbonyl (C=O) groups excluding carboxylic acids is 5. The second kappa shape index (κ2) is 16.7. The summed E-state index contributed by atoms with van der Waals surface area (Å²) in [5, 5.41) is 15.2. The van der Waals surface area contributed by atoms with Crippen LogP contribution in [0.15, 0.2) is 122 Å². The van der Waals surface area contributed by atoms with Crippen LogP contribution >= 0.6 is 0 Å². The van der Waals surface area contributed by atoms with E-state index in [0.29, 0.717) is 22.4 Å². The maximum absolute atomic E-state index is 16.0. The van der Waals surface area contributed by atoms with E-state index >= 15 is 4.79 Å². The topological polar surface area (TPSA) is 164 Å². The van der Waals surface area contributed by atoms with Crippen LogP contribution in [-0.2, 0) is 34.1 Å². The first-order chi connectivity index (χ1) is 28.1. The Morgan fingerprint density at radius 1 is 0.897 bits per heavy atom. The third kappa shape index (κ3) is 6.69. The van der Waals surface area contributed by atoms with Crippen LogP contribution in [0.4, 0.5) is 10.5 Å². The fraction of sp³-hybridized carbons (Fsp3) is 0.311. The fourth-order valence-electron chi connectivity index (χ4n) is 8.91. The molecule has 13 heteroatoms. The summed E-state index contributed by atoms with van der Waals surface area (Å²) in [6, 6.07) is 27.1. The number of aliphatic hydroxyl groups is 1. The Morgan fingerprint density at radius 3 is 2.21 bits per heavy atom. The van der Waals surface area contributed by atoms with Crippen molar-refractivity contribution in [3.8, 4) is 5.75 Å². The molecule has 1 spiro atoms. The van der Waals surface area contributed by atoms with Gasteiger partial charge >= 0.3 is 18.0 Å². The van der Waals surface area contributed by atoms with Gasteiger partial charge in [-0.2, -0.15) is 0 Å². The Bertz CT molecular complexity index is 2200. The van der Waals surface area contributed by atoms with Crippen LogP contribution in [0.1, 0.15) is 54.3 Å². The van der Waals surface area contributed by atoms with E-state index in [1.807, 2.05) is 65.6 Å². The lowest BCUT2D eigenvalue weighted by molar-refractivity contribution is -0.178. The molecule has 13 nitrogen and oxygen atoms in total. The number of fused-ring (bicyclic) bond motifs is 3. The Morgan fingerprint density at radius 2 is 1.55 bits per heavy atom. The minimum Gasteiger partial charge on any atom is -0.491 e. The minimum absolute atomic E-state index is 0.0137. The number of morpholine rings is 1. The molecule has 4 aromatic carbocycles. The molecule has 2 saturated heterocycles. The summed E-state index contributed by atoms with van der Waals surface area (Å²) in [6.45, 7) is 6.99. The van der Waals surface area contributed by atoms with Gasteiger partial charge in [0.1, 0.15) is 36.0 Å². The Labute approximate surface area is 336 Å². The summed E-state index contributed by atoms with van der Waals surface area (Å²) in [6.07, 6.45) is 0.602. The van der Waals surface area contributed by atoms with Gasteiger partial charge in [-0.15, -0.1) is 6.58 Å². The van der Waals surface area contributed by atoms with Crippen LogP contribution in [0, 0.1) is 11.8 Å². The molecule has 2 fully saturated rings. The fourth-order valence-corrected chi connectivity index (χ4v) is 8.91. The van der Waals surface area contributed by atoms with Crippen molar-refractivity contribution in [2.24, 2.45) is 11.8 Å². The summed E-state index contributed by atoms with van der Waals surface area (Å²) in [4.78, 5) is 76.3. The first kappa shape index (κ1) is 39.9. The highest BCUT2D eigenvalue weighted by molar-refractivity contribution is 6.25. The number of anilines is 1. The molecule has 0 aliphatic carbocycles. The summed E-state index contributed by atoms with van der Waals surface area (Å²) in [5.74, 6) is -4.35. The van der Waals surface area contributed by atoms with Crippen molar-refractivity contribution in [1.82, 2.24) is 15.5 Å². The van der Waals surface area contributed by atoms with Crippen molar-refractivity contribution in [1.29, 1.82) is 0 Å². The number of benzene rings is 4. The van der Waals surface area contributed by atoms with E-state index in [1.165, 1.54) is 13.2 Å². The average molecular weight is 787 g/mol. The number of imide groups is 1. The lowest BCUT2D eigenvalue weighted by atomic mass is 9.65. The van der Waals surface area contributed by atoms with Gasteiger partial charge in [0.2, 0.25) is 11.8 Å². The number of aliphatic hydroxyl groups excluding tert-OH is 1. The molecule has 3 N–H and O–H groups in total. The molecule has 7 atom stereocenters. The van der Waals surface area contributed by atoms with Gasteiger partial charge in [-0.1, -0.05) is 111 Å². The summed E-state index contributed by atoms with van der Waals surface area (Å²) >= 11 is 0. The number of nitrogens with one attached hydrogen (secondary N) is 2. The summed E-state index contributed by atoms with van der Waals surface area (Å²) < 4.78 is 17.3. The SMILES string of the molecule is C=CCNC(=O)[C@H]1[C@@H]2C(=O)O[C@@H](c3ccccc3)[C@@H](c3ccccc3)N2[C@@H](c2cccc(OCCO)c2)[C@]12C(=O)N(C(=O)N[C@H](C(=O)OC)C(C)C)c1ccccc12. The number of hydrogen-bond donors (Lipinski definition) is 3. The van der Waals surface area contributed by atoms with Crippen LogP contribution in [0.5, 0.6) is 5.75 Å². The van der Waals surface area contributed by atoms with E-state index in [-0.39, 0.29) is 25.4 Å². The van der Waals surface area contributed by atoms with Crippen molar-refractivity contribution in [3.63, 3.8) is 0 Å². The maximum Gasteiger partial charge on any atom is 0.329 e. The lowest BCUT2D eigenvalue weighted by Gasteiger charge is -2.46. The minimum atomic E-state index is -1.96. The predicted octanol–water partition coefficient (Wildman–Crippen LogP) is 4.93. The zero-order chi connectivity index (χ0) is 41.1. The summed E-state index contributed by atoms with van der Waals surface area (Å²) in [5.41, 5.74) is 0.486. The number of amides is 4. The molecule has 300 valence electrons. The third-order valence-electron chi connectivity index (χ3n) is 11.2. The molecule has 0 unspecified atom stereocenters. The van der Waals surface area contributed by atoms with Crippen molar-refractivity contribution in [2.45, 2.75) is 49.5 Å². The van der Waals surface area contributed by atoms with Gasteiger partial charge in [-0.05, 0) is 46.4 Å². The van der Waals surface area contributed by atoms with Gasteiger partial charge in [0.05, 0.1) is 37.4 Å². The normalized spacial score (nSPS) is 24.1. The van der Waals surface area contributed by atoms with Crippen molar-refractivity contribution in [2.75, 3.05) is 31.8 Å². The van der Waals surface area contributed by atoms with Crippen LogP contribution in [0.3, 0.4) is 0 Å². The molecule has 7 rings (SSSR count). The smallest absolute Gasteiger partial charge is 0.329 e. The van der Waals surface area contributed by atoms with Gasteiger partial charge in [-0.25, -0.2) is 14.5 Å². The monoisotopic (exact) mass is 786 g/mol. The second-order valence-electron chi connectivity index (χ2n) is 14.8. The van der Waals surface area contributed by atoms with Crippen LogP contribution < -0.4 is 20.3 Å². The number of hydrogen-bond acceptors (Lipinski definition) is 10. The quantitative estimate of drug-likeness (QED) is 0.133. The molecule has 4 aromatic rings. The molecule has 3 aliphatic heterocycles. The number of cyclic esters (lactones) is 1. The number of nitrogens with zero attached hydrogens (tertiary/aromatic N) is 2. The molecule has 0 bridgehead atoms. The second-order valence-corrected chi connectivity index (χ2v) is 14.8. The van der Waals surface area contributed by atoms with E-state index < -0.39 is 77.3 Å². The number of para-hydroxylation sites is 1.